The highest BCUT2D eigenvalue weighted by Crippen LogP contribution is 2.18. The van der Waals surface area contributed by atoms with Gasteiger partial charge in [0.1, 0.15) is 4.88 Å². The predicted molar refractivity (Wildman–Crippen MR) is 53.8 cm³/mol. The summed E-state index contributed by atoms with van der Waals surface area (Å²) in [6.45, 7) is 4.11. The second kappa shape index (κ2) is 3.42. The Hall–Kier alpha value is -1.36. The maximum atomic E-state index is 11.3. The van der Waals surface area contributed by atoms with Crippen molar-refractivity contribution >= 4 is 22.3 Å². The molecule has 2 heterocycles. The van der Waals surface area contributed by atoms with E-state index in [-0.39, 0.29) is 5.97 Å². The van der Waals surface area contributed by atoms with Crippen molar-refractivity contribution in [2.45, 2.75) is 13.8 Å². The van der Waals surface area contributed by atoms with Crippen molar-refractivity contribution in [1.82, 2.24) is 9.38 Å². The Morgan fingerprint density at radius 1 is 1.64 bits per heavy atom. The molecule has 2 aromatic heterocycles. The van der Waals surface area contributed by atoms with Gasteiger partial charge in [-0.05, 0) is 13.8 Å². The van der Waals surface area contributed by atoms with Gasteiger partial charge >= 0.3 is 5.97 Å². The van der Waals surface area contributed by atoms with Crippen LogP contribution in [0.1, 0.15) is 22.3 Å². The van der Waals surface area contributed by atoms with E-state index in [1.54, 1.807) is 13.1 Å². The van der Waals surface area contributed by atoms with E-state index >= 15 is 0 Å². The van der Waals surface area contributed by atoms with Crippen molar-refractivity contribution in [2.75, 3.05) is 6.61 Å². The molecule has 0 spiro atoms. The summed E-state index contributed by atoms with van der Waals surface area (Å²) < 4.78 is 6.73. The van der Waals surface area contributed by atoms with E-state index in [0.717, 1.165) is 10.7 Å². The van der Waals surface area contributed by atoms with Crippen LogP contribution < -0.4 is 0 Å². The molecule has 2 aromatic rings. The van der Waals surface area contributed by atoms with Crippen LogP contribution in [0.5, 0.6) is 0 Å². The van der Waals surface area contributed by atoms with E-state index in [9.17, 15) is 4.79 Å². The molecule has 0 aliphatic heterocycles. The number of esters is 1. The molecule has 0 atom stereocenters. The van der Waals surface area contributed by atoms with Gasteiger partial charge in [0.05, 0.1) is 12.3 Å². The fraction of sp³-hybridized carbons (Fsp3) is 0.333. The van der Waals surface area contributed by atoms with Crippen LogP contribution in [-0.4, -0.2) is 22.0 Å². The predicted octanol–water partition coefficient (Wildman–Crippen LogP) is 1.88. The topological polar surface area (TPSA) is 43.6 Å². The van der Waals surface area contributed by atoms with Crippen molar-refractivity contribution in [3.8, 4) is 0 Å². The monoisotopic (exact) mass is 210 g/mol. The zero-order valence-electron chi connectivity index (χ0n) is 7.98. The first-order valence-corrected chi connectivity index (χ1v) is 5.14. The maximum absolute atomic E-state index is 11.3. The van der Waals surface area contributed by atoms with Crippen LogP contribution in [0.2, 0.25) is 0 Å². The highest BCUT2D eigenvalue weighted by Gasteiger charge is 2.12. The van der Waals surface area contributed by atoms with Gasteiger partial charge in [-0.3, -0.25) is 4.40 Å². The molecule has 0 aliphatic carbocycles. The Morgan fingerprint density at radius 3 is 3.07 bits per heavy atom. The van der Waals surface area contributed by atoms with E-state index < -0.39 is 0 Å². The van der Waals surface area contributed by atoms with E-state index in [0.29, 0.717) is 11.5 Å². The third-order valence-electron chi connectivity index (χ3n) is 1.75. The van der Waals surface area contributed by atoms with E-state index in [2.05, 4.69) is 4.98 Å². The number of carbonyl (C=O) groups is 1. The zero-order valence-corrected chi connectivity index (χ0v) is 8.80. The summed E-state index contributed by atoms with van der Waals surface area (Å²) in [5.41, 5.74) is 0.951. The minimum Gasteiger partial charge on any atom is -0.462 e. The number of carbonyl (C=O) groups excluding carboxylic acids is 1. The fourth-order valence-corrected chi connectivity index (χ4v) is 2.12. The van der Waals surface area contributed by atoms with Gasteiger partial charge < -0.3 is 4.74 Å². The molecule has 0 N–H and O–H groups in total. The van der Waals surface area contributed by atoms with Gasteiger partial charge in [0.25, 0.3) is 0 Å². The third-order valence-corrected chi connectivity index (χ3v) is 2.73. The number of ether oxygens (including phenoxy) is 1. The standard InChI is InChI=1S/C9H10N2O2S/c1-3-13-8(12)7-5-11-4-6(2)10-9(11)14-7/h4-5H,3H2,1-2H3. The van der Waals surface area contributed by atoms with Crippen molar-refractivity contribution < 1.29 is 9.53 Å². The fourth-order valence-electron chi connectivity index (χ4n) is 1.21. The van der Waals surface area contributed by atoms with Gasteiger partial charge in [0.15, 0.2) is 4.96 Å². The minimum absolute atomic E-state index is 0.277. The number of hydrogen-bond donors (Lipinski definition) is 0. The number of imidazole rings is 1. The first-order valence-electron chi connectivity index (χ1n) is 4.33. The lowest BCUT2D eigenvalue weighted by Gasteiger charge is -1.95. The summed E-state index contributed by atoms with van der Waals surface area (Å²) in [7, 11) is 0. The second-order valence-electron chi connectivity index (χ2n) is 2.89. The average Bonchev–Trinajstić information content (AvgIpc) is 2.61. The van der Waals surface area contributed by atoms with Crippen LogP contribution in [0, 0.1) is 6.92 Å². The molecule has 0 amide bonds. The Labute approximate surface area is 85.1 Å². The lowest BCUT2D eigenvalue weighted by molar-refractivity contribution is 0.0531. The summed E-state index contributed by atoms with van der Waals surface area (Å²) in [6, 6.07) is 0. The van der Waals surface area contributed by atoms with Crippen LogP contribution in [0.4, 0.5) is 0 Å². The molecular formula is C9H10N2O2S. The molecule has 0 unspecified atom stereocenters. The largest absolute Gasteiger partial charge is 0.462 e. The first-order chi connectivity index (χ1) is 6.70. The Kier molecular flexibility index (Phi) is 2.25. The number of nitrogens with zero attached hydrogens (tertiary/aromatic N) is 2. The number of hydrogen-bond acceptors (Lipinski definition) is 4. The lowest BCUT2D eigenvalue weighted by Crippen LogP contribution is -2.01. The molecule has 4 nitrogen and oxygen atoms in total. The maximum Gasteiger partial charge on any atom is 0.349 e. The average molecular weight is 210 g/mol. The van der Waals surface area contributed by atoms with E-state index in [4.69, 9.17) is 4.74 Å². The molecule has 0 radical (unpaired) electrons. The van der Waals surface area contributed by atoms with E-state index in [1.165, 1.54) is 11.3 Å². The van der Waals surface area contributed by atoms with Gasteiger partial charge in [0.2, 0.25) is 0 Å². The summed E-state index contributed by atoms with van der Waals surface area (Å²) in [6.07, 6.45) is 3.63. The Morgan fingerprint density at radius 2 is 2.43 bits per heavy atom. The highest BCUT2D eigenvalue weighted by molar-refractivity contribution is 7.18. The molecule has 0 aromatic carbocycles. The molecular weight excluding hydrogens is 200 g/mol. The molecule has 5 heteroatoms. The molecule has 0 bridgehead atoms. The summed E-state index contributed by atoms with van der Waals surface area (Å²) in [5, 5.41) is 0. The van der Waals surface area contributed by atoms with Gasteiger partial charge in [-0.2, -0.15) is 0 Å². The summed E-state index contributed by atoms with van der Waals surface area (Å²) in [5.74, 6) is -0.277. The molecule has 0 aliphatic rings. The molecule has 14 heavy (non-hydrogen) atoms. The van der Waals surface area contributed by atoms with Crippen molar-refractivity contribution in [2.24, 2.45) is 0 Å². The van der Waals surface area contributed by atoms with Gasteiger partial charge in [0, 0.05) is 12.4 Å². The van der Waals surface area contributed by atoms with Crippen molar-refractivity contribution in [1.29, 1.82) is 0 Å². The summed E-state index contributed by atoms with van der Waals surface area (Å²) >= 11 is 1.34. The van der Waals surface area contributed by atoms with Crippen LogP contribution in [0.3, 0.4) is 0 Å². The van der Waals surface area contributed by atoms with Crippen LogP contribution in [0.15, 0.2) is 12.4 Å². The number of rotatable bonds is 2. The Bertz CT molecular complexity index is 441. The number of fused-ring (bicyclic) bond motifs is 1. The number of thiazole rings is 1. The third kappa shape index (κ3) is 1.50. The van der Waals surface area contributed by atoms with Crippen molar-refractivity contribution in [3.05, 3.63) is 23.0 Å². The highest BCUT2D eigenvalue weighted by atomic mass is 32.1. The Balaban J connectivity index is 2.36. The first kappa shape index (κ1) is 9.21. The lowest BCUT2D eigenvalue weighted by atomic mass is 10.5. The quantitative estimate of drug-likeness (QED) is 0.711. The van der Waals surface area contributed by atoms with Crippen LogP contribution >= 0.6 is 11.3 Å². The summed E-state index contributed by atoms with van der Waals surface area (Å²) in [4.78, 5) is 17.0. The molecule has 2 rings (SSSR count). The second-order valence-corrected chi connectivity index (χ2v) is 3.90. The van der Waals surface area contributed by atoms with Gasteiger partial charge in [-0.25, -0.2) is 9.78 Å². The molecule has 0 saturated carbocycles. The molecule has 0 saturated heterocycles. The molecule has 74 valence electrons. The zero-order chi connectivity index (χ0) is 10.1. The van der Waals surface area contributed by atoms with Gasteiger partial charge in [-0.15, -0.1) is 0 Å². The van der Waals surface area contributed by atoms with Crippen LogP contribution in [0.25, 0.3) is 4.96 Å². The van der Waals surface area contributed by atoms with Crippen molar-refractivity contribution in [3.63, 3.8) is 0 Å². The van der Waals surface area contributed by atoms with Crippen LogP contribution in [-0.2, 0) is 4.74 Å². The minimum atomic E-state index is -0.277. The normalized spacial score (nSPS) is 10.7. The van der Waals surface area contributed by atoms with Gasteiger partial charge in [-0.1, -0.05) is 11.3 Å². The van der Waals surface area contributed by atoms with E-state index in [1.807, 2.05) is 17.5 Å². The molecule has 0 fully saturated rings. The smallest absolute Gasteiger partial charge is 0.349 e. The number of aryl methyl sites for hydroxylation is 1. The SMILES string of the molecule is CCOC(=O)c1cn2cc(C)nc2s1. The number of aromatic nitrogens is 2.